The maximum absolute atomic E-state index is 4.27. The molecule has 3 aromatic carbocycles. The van der Waals surface area contributed by atoms with Gasteiger partial charge in [-0.25, -0.2) is 0 Å². The number of thiophene rings is 1. The first-order chi connectivity index (χ1) is 10.3. The van der Waals surface area contributed by atoms with Crippen molar-refractivity contribution in [2.45, 2.75) is 0 Å². The summed E-state index contributed by atoms with van der Waals surface area (Å²) in [5.74, 6) is 0. The Morgan fingerprint density at radius 3 is 2.24 bits per heavy atom. The Morgan fingerprint density at radius 2 is 1.38 bits per heavy atom. The summed E-state index contributed by atoms with van der Waals surface area (Å²) in [4.78, 5) is 0. The van der Waals surface area contributed by atoms with Crippen molar-refractivity contribution in [2.75, 3.05) is 0 Å². The normalized spacial score (nSPS) is 11.0. The molecule has 0 radical (unpaired) electrons. The number of hydrogen-bond donors (Lipinski definition) is 0. The molecule has 100 valence electrons. The fourth-order valence-corrected chi connectivity index (χ4v) is 3.81. The third kappa shape index (κ3) is 2.07. The Bertz CT molecular complexity index is 945. The van der Waals surface area contributed by atoms with Crippen LogP contribution in [0.3, 0.4) is 0 Å². The van der Waals surface area contributed by atoms with Gasteiger partial charge in [-0.05, 0) is 34.9 Å². The van der Waals surface area contributed by atoms with Crippen LogP contribution in [0.1, 0.15) is 11.1 Å². The topological polar surface area (TPSA) is 0 Å². The molecule has 0 spiro atoms. The minimum atomic E-state index is 1.08. The molecule has 0 aliphatic carbocycles. The molecule has 0 saturated carbocycles. The lowest BCUT2D eigenvalue weighted by Crippen LogP contribution is -1.85. The smallest absolute Gasteiger partial charge is 0.0355 e. The Kier molecular flexibility index (Phi) is 2.87. The van der Waals surface area contributed by atoms with Crippen LogP contribution < -0.4 is 0 Å². The van der Waals surface area contributed by atoms with Crippen LogP contribution in [-0.4, -0.2) is 0 Å². The van der Waals surface area contributed by atoms with E-state index in [-0.39, 0.29) is 0 Å². The van der Waals surface area contributed by atoms with Crippen LogP contribution in [0.15, 0.2) is 79.4 Å². The zero-order valence-electron chi connectivity index (χ0n) is 11.5. The van der Waals surface area contributed by atoms with Crippen molar-refractivity contribution < 1.29 is 0 Å². The van der Waals surface area contributed by atoms with Gasteiger partial charge in [0.1, 0.15) is 0 Å². The minimum Gasteiger partial charge on any atom is -0.135 e. The highest BCUT2D eigenvalue weighted by molar-refractivity contribution is 7.25. The lowest BCUT2D eigenvalue weighted by molar-refractivity contribution is 1.58. The van der Waals surface area contributed by atoms with Gasteiger partial charge in [0.05, 0.1) is 0 Å². The lowest BCUT2D eigenvalue weighted by Gasteiger charge is -2.06. The Morgan fingerprint density at radius 1 is 0.667 bits per heavy atom. The SMILES string of the molecule is C=C(c1ccccc1)c1ccc2sc3ccccc3c2c1. The highest BCUT2D eigenvalue weighted by Gasteiger charge is 2.07. The van der Waals surface area contributed by atoms with Crippen molar-refractivity contribution in [1.29, 1.82) is 0 Å². The average molecular weight is 286 g/mol. The van der Waals surface area contributed by atoms with Gasteiger partial charge in [0.2, 0.25) is 0 Å². The molecule has 1 heteroatoms. The number of rotatable bonds is 2. The molecule has 0 amide bonds. The summed E-state index contributed by atoms with van der Waals surface area (Å²) in [6.07, 6.45) is 0. The molecule has 0 bridgehead atoms. The highest BCUT2D eigenvalue weighted by Crippen LogP contribution is 2.35. The van der Waals surface area contributed by atoms with Crippen LogP contribution in [0.5, 0.6) is 0 Å². The van der Waals surface area contributed by atoms with Crippen molar-refractivity contribution in [2.24, 2.45) is 0 Å². The maximum atomic E-state index is 4.27. The van der Waals surface area contributed by atoms with E-state index in [4.69, 9.17) is 0 Å². The zero-order chi connectivity index (χ0) is 14.2. The molecular formula is C20H14S. The van der Waals surface area contributed by atoms with Crippen molar-refractivity contribution in [3.8, 4) is 0 Å². The monoisotopic (exact) mass is 286 g/mol. The van der Waals surface area contributed by atoms with Gasteiger partial charge < -0.3 is 0 Å². The summed E-state index contributed by atoms with van der Waals surface area (Å²) >= 11 is 1.85. The van der Waals surface area contributed by atoms with E-state index < -0.39 is 0 Å². The zero-order valence-corrected chi connectivity index (χ0v) is 12.4. The van der Waals surface area contributed by atoms with Gasteiger partial charge in [-0.3, -0.25) is 0 Å². The van der Waals surface area contributed by atoms with Crippen LogP contribution in [-0.2, 0) is 0 Å². The lowest BCUT2D eigenvalue weighted by atomic mass is 9.98. The van der Waals surface area contributed by atoms with Crippen LogP contribution in [0.25, 0.3) is 25.7 Å². The standard InChI is InChI=1S/C20H14S/c1-14(15-7-3-2-4-8-15)16-11-12-20-18(13-16)17-9-5-6-10-19(17)21-20/h2-13H,1H2. The van der Waals surface area contributed by atoms with E-state index >= 15 is 0 Å². The van der Waals surface area contributed by atoms with E-state index in [1.54, 1.807) is 0 Å². The first kappa shape index (κ1) is 12.4. The van der Waals surface area contributed by atoms with Gasteiger partial charge in [-0.15, -0.1) is 11.3 Å². The first-order valence-electron chi connectivity index (χ1n) is 6.99. The molecule has 0 atom stereocenters. The molecule has 0 N–H and O–H groups in total. The molecule has 4 aromatic rings. The predicted octanol–water partition coefficient (Wildman–Crippen LogP) is 6.12. The molecular weight excluding hydrogens is 272 g/mol. The summed E-state index contributed by atoms with van der Waals surface area (Å²) in [6, 6.07) is 25.6. The predicted molar refractivity (Wildman–Crippen MR) is 93.9 cm³/mol. The molecule has 0 unspecified atom stereocenters. The van der Waals surface area contributed by atoms with E-state index in [0.29, 0.717) is 0 Å². The Balaban J connectivity index is 1.90. The van der Waals surface area contributed by atoms with Crippen molar-refractivity contribution in [3.63, 3.8) is 0 Å². The minimum absolute atomic E-state index is 1.08. The molecule has 21 heavy (non-hydrogen) atoms. The molecule has 0 saturated heterocycles. The van der Waals surface area contributed by atoms with Gasteiger partial charge in [-0.2, -0.15) is 0 Å². The molecule has 0 aliphatic rings. The number of fused-ring (bicyclic) bond motifs is 3. The van der Waals surface area contributed by atoms with E-state index in [0.717, 1.165) is 5.57 Å². The van der Waals surface area contributed by atoms with Gasteiger partial charge >= 0.3 is 0 Å². The Labute approximate surface area is 128 Å². The second kappa shape index (κ2) is 4.87. The molecule has 0 fully saturated rings. The van der Waals surface area contributed by atoms with E-state index in [1.807, 2.05) is 17.4 Å². The van der Waals surface area contributed by atoms with Gasteiger partial charge in [0, 0.05) is 20.2 Å². The van der Waals surface area contributed by atoms with E-state index in [9.17, 15) is 0 Å². The van der Waals surface area contributed by atoms with Crippen LogP contribution in [0.4, 0.5) is 0 Å². The van der Waals surface area contributed by atoms with E-state index in [1.165, 1.54) is 31.3 Å². The molecule has 4 rings (SSSR count). The summed E-state index contributed by atoms with van der Waals surface area (Å²) in [7, 11) is 0. The van der Waals surface area contributed by atoms with Gasteiger partial charge in [-0.1, -0.05) is 61.2 Å². The van der Waals surface area contributed by atoms with Gasteiger partial charge in [0.15, 0.2) is 0 Å². The first-order valence-corrected chi connectivity index (χ1v) is 7.80. The van der Waals surface area contributed by atoms with Crippen LogP contribution in [0.2, 0.25) is 0 Å². The maximum Gasteiger partial charge on any atom is 0.0355 e. The number of hydrogen-bond acceptors (Lipinski definition) is 1. The van der Waals surface area contributed by atoms with Gasteiger partial charge in [0.25, 0.3) is 0 Å². The highest BCUT2D eigenvalue weighted by atomic mass is 32.1. The third-order valence-corrected chi connectivity index (χ3v) is 5.00. The fourth-order valence-electron chi connectivity index (χ4n) is 2.72. The quantitative estimate of drug-likeness (QED) is 0.416. The third-order valence-electron chi connectivity index (χ3n) is 3.85. The second-order valence-electron chi connectivity index (χ2n) is 5.15. The van der Waals surface area contributed by atoms with Crippen molar-refractivity contribution in [3.05, 3.63) is 90.5 Å². The summed E-state index contributed by atoms with van der Waals surface area (Å²) in [6.45, 7) is 4.27. The molecule has 0 aliphatic heterocycles. The van der Waals surface area contributed by atoms with Crippen molar-refractivity contribution >= 4 is 37.1 Å². The molecule has 1 aromatic heterocycles. The summed E-state index contributed by atoms with van der Waals surface area (Å²) < 4.78 is 2.68. The largest absolute Gasteiger partial charge is 0.135 e. The Hall–Kier alpha value is -2.38. The number of benzene rings is 3. The van der Waals surface area contributed by atoms with E-state index in [2.05, 4.69) is 73.3 Å². The molecule has 0 nitrogen and oxygen atoms in total. The molecule has 1 heterocycles. The average Bonchev–Trinajstić information content (AvgIpc) is 2.93. The second-order valence-corrected chi connectivity index (χ2v) is 6.24. The van der Waals surface area contributed by atoms with Crippen LogP contribution >= 0.6 is 11.3 Å². The van der Waals surface area contributed by atoms with Crippen LogP contribution in [0, 0.1) is 0 Å². The fraction of sp³-hybridized carbons (Fsp3) is 0. The summed E-state index contributed by atoms with van der Waals surface area (Å²) in [5, 5.41) is 2.66. The summed E-state index contributed by atoms with van der Waals surface area (Å²) in [5.41, 5.74) is 3.45. The van der Waals surface area contributed by atoms with Crippen molar-refractivity contribution in [1.82, 2.24) is 0 Å².